The Bertz CT molecular complexity index is 234. The summed E-state index contributed by atoms with van der Waals surface area (Å²) in [6, 6.07) is 0. The Hall–Kier alpha value is -0.620. The summed E-state index contributed by atoms with van der Waals surface area (Å²) in [4.78, 5) is 10.3. The standard InChI is InChI=1S/C6H12NO4S/c1-11-4-2-3-5-12(9,10)6(7)8/h2H,3-5H2,1H3,(H2,7,8). The lowest BCUT2D eigenvalue weighted by Crippen LogP contribution is -2.24. The number of hydrogen-bond donors (Lipinski definition) is 1. The van der Waals surface area contributed by atoms with Crippen molar-refractivity contribution in [3.05, 3.63) is 6.42 Å². The molecule has 0 aliphatic rings. The van der Waals surface area contributed by atoms with E-state index < -0.39 is 15.1 Å². The lowest BCUT2D eigenvalue weighted by atomic mass is 10.4. The minimum Gasteiger partial charge on any atom is -0.384 e. The van der Waals surface area contributed by atoms with Crippen molar-refractivity contribution in [3.8, 4) is 0 Å². The number of sulfone groups is 1. The van der Waals surface area contributed by atoms with Crippen LogP contribution in [0.2, 0.25) is 0 Å². The Kier molecular flexibility index (Phi) is 4.84. The first-order valence-corrected chi connectivity index (χ1v) is 4.98. The quantitative estimate of drug-likeness (QED) is 0.610. The number of primary amides is 1. The molecule has 0 bridgehead atoms. The van der Waals surface area contributed by atoms with Crippen molar-refractivity contribution >= 4 is 15.1 Å². The minimum atomic E-state index is -3.73. The zero-order valence-electron chi connectivity index (χ0n) is 6.82. The molecule has 0 saturated heterocycles. The number of rotatable bonds is 5. The normalized spacial score (nSPS) is 11.4. The zero-order chi connectivity index (χ0) is 9.61. The van der Waals surface area contributed by atoms with Gasteiger partial charge in [-0.3, -0.25) is 4.79 Å². The Morgan fingerprint density at radius 1 is 1.58 bits per heavy atom. The van der Waals surface area contributed by atoms with Crippen molar-refractivity contribution in [1.82, 2.24) is 0 Å². The lowest BCUT2D eigenvalue weighted by Gasteiger charge is -1.98. The Balaban J connectivity index is 3.71. The van der Waals surface area contributed by atoms with Gasteiger partial charge in [-0.25, -0.2) is 8.42 Å². The van der Waals surface area contributed by atoms with Crippen LogP contribution < -0.4 is 5.73 Å². The number of nitrogens with two attached hydrogens (primary N) is 1. The molecule has 0 fully saturated rings. The molecule has 0 rings (SSSR count). The second-order valence-corrected chi connectivity index (χ2v) is 4.21. The van der Waals surface area contributed by atoms with E-state index in [9.17, 15) is 13.2 Å². The number of methoxy groups -OCH3 is 1. The maximum Gasteiger partial charge on any atom is 0.333 e. The molecule has 5 nitrogen and oxygen atoms in total. The van der Waals surface area contributed by atoms with Gasteiger partial charge in [0.25, 0.3) is 0 Å². The van der Waals surface area contributed by atoms with E-state index in [1.807, 2.05) is 0 Å². The van der Waals surface area contributed by atoms with Crippen molar-refractivity contribution < 1.29 is 17.9 Å². The molecule has 0 saturated carbocycles. The summed E-state index contributed by atoms with van der Waals surface area (Å²) in [6.45, 7) is 0.369. The number of carbonyl (C=O) groups is 1. The summed E-state index contributed by atoms with van der Waals surface area (Å²) < 4.78 is 26.2. The molecule has 0 heterocycles. The van der Waals surface area contributed by atoms with Crippen LogP contribution in [0.5, 0.6) is 0 Å². The fourth-order valence-corrected chi connectivity index (χ4v) is 1.22. The molecule has 1 amide bonds. The van der Waals surface area contributed by atoms with E-state index in [0.29, 0.717) is 6.61 Å². The molecule has 1 radical (unpaired) electrons. The molecule has 2 N–H and O–H groups in total. The molecular weight excluding hydrogens is 182 g/mol. The molecule has 12 heavy (non-hydrogen) atoms. The van der Waals surface area contributed by atoms with Crippen molar-refractivity contribution in [2.24, 2.45) is 5.73 Å². The molecule has 0 aromatic heterocycles. The summed E-state index contributed by atoms with van der Waals surface area (Å²) in [5, 5.41) is -1.27. The summed E-state index contributed by atoms with van der Waals surface area (Å²) >= 11 is 0. The molecule has 71 valence electrons. The van der Waals surface area contributed by atoms with E-state index in [1.54, 1.807) is 6.42 Å². The predicted molar refractivity (Wildman–Crippen MR) is 44.2 cm³/mol. The molecule has 0 aliphatic carbocycles. The van der Waals surface area contributed by atoms with Crippen LogP contribution in [0, 0.1) is 6.42 Å². The smallest absolute Gasteiger partial charge is 0.333 e. The van der Waals surface area contributed by atoms with Crippen LogP contribution >= 0.6 is 0 Å². The van der Waals surface area contributed by atoms with E-state index in [2.05, 4.69) is 10.5 Å². The number of carbonyl (C=O) groups excluding carboxylic acids is 1. The van der Waals surface area contributed by atoms with Crippen molar-refractivity contribution in [2.75, 3.05) is 19.5 Å². The molecule has 6 heteroatoms. The summed E-state index contributed by atoms with van der Waals surface area (Å²) in [7, 11) is -2.23. The first-order chi connectivity index (χ1) is 5.50. The molecular formula is C6H12NO4S. The molecule has 0 aromatic rings. The summed E-state index contributed by atoms with van der Waals surface area (Å²) in [5.74, 6) is -0.244. The van der Waals surface area contributed by atoms with Crippen LogP contribution in [0.15, 0.2) is 0 Å². The summed E-state index contributed by atoms with van der Waals surface area (Å²) in [6.07, 6.45) is 1.90. The Labute approximate surface area is 71.8 Å². The molecule has 0 atom stereocenters. The number of hydrogen-bond acceptors (Lipinski definition) is 4. The lowest BCUT2D eigenvalue weighted by molar-refractivity contribution is 0.221. The van der Waals surface area contributed by atoms with Gasteiger partial charge in [0.15, 0.2) is 0 Å². The monoisotopic (exact) mass is 194 g/mol. The van der Waals surface area contributed by atoms with E-state index >= 15 is 0 Å². The maximum absolute atomic E-state index is 10.8. The maximum atomic E-state index is 10.8. The van der Waals surface area contributed by atoms with Crippen LogP contribution in [0.3, 0.4) is 0 Å². The Morgan fingerprint density at radius 2 is 2.17 bits per heavy atom. The number of unbranched alkanes of at least 4 members (excludes halogenated alkanes) is 1. The molecule has 0 unspecified atom stereocenters. The topological polar surface area (TPSA) is 86.5 Å². The van der Waals surface area contributed by atoms with E-state index in [0.717, 1.165) is 0 Å². The largest absolute Gasteiger partial charge is 0.384 e. The zero-order valence-corrected chi connectivity index (χ0v) is 7.63. The first kappa shape index (κ1) is 11.4. The van der Waals surface area contributed by atoms with Crippen molar-refractivity contribution in [1.29, 1.82) is 0 Å². The number of ether oxygens (including phenoxy) is 1. The van der Waals surface area contributed by atoms with E-state index in [-0.39, 0.29) is 12.2 Å². The van der Waals surface area contributed by atoms with Gasteiger partial charge in [0.2, 0.25) is 9.84 Å². The average Bonchev–Trinajstić information content (AvgIpc) is 1.98. The van der Waals surface area contributed by atoms with Gasteiger partial charge in [0.05, 0.1) is 5.75 Å². The molecule has 0 aromatic carbocycles. The van der Waals surface area contributed by atoms with Crippen molar-refractivity contribution in [2.45, 2.75) is 6.42 Å². The van der Waals surface area contributed by atoms with Gasteiger partial charge in [-0.05, 0) is 12.8 Å². The van der Waals surface area contributed by atoms with Crippen LogP contribution in [0.1, 0.15) is 6.42 Å². The Morgan fingerprint density at radius 3 is 2.58 bits per heavy atom. The second kappa shape index (κ2) is 5.10. The summed E-state index contributed by atoms with van der Waals surface area (Å²) in [5.41, 5.74) is 4.61. The average molecular weight is 194 g/mol. The third kappa shape index (κ3) is 4.30. The third-order valence-electron chi connectivity index (χ3n) is 1.18. The van der Waals surface area contributed by atoms with Gasteiger partial charge in [-0.15, -0.1) is 0 Å². The third-order valence-corrected chi connectivity index (χ3v) is 2.57. The van der Waals surface area contributed by atoms with Gasteiger partial charge < -0.3 is 10.5 Å². The van der Waals surface area contributed by atoms with Crippen LogP contribution in [0.4, 0.5) is 4.79 Å². The van der Waals surface area contributed by atoms with Crippen LogP contribution in [-0.2, 0) is 14.6 Å². The van der Waals surface area contributed by atoms with E-state index in [1.165, 1.54) is 7.11 Å². The first-order valence-electron chi connectivity index (χ1n) is 3.33. The van der Waals surface area contributed by atoms with Gasteiger partial charge in [0, 0.05) is 13.7 Å². The minimum absolute atomic E-state index is 0.244. The highest BCUT2D eigenvalue weighted by Gasteiger charge is 2.16. The van der Waals surface area contributed by atoms with E-state index in [4.69, 9.17) is 0 Å². The SMILES string of the molecule is COC[CH]CCS(=O)(=O)C(N)=O. The van der Waals surface area contributed by atoms with Crippen molar-refractivity contribution in [3.63, 3.8) is 0 Å². The second-order valence-electron chi connectivity index (χ2n) is 2.17. The highest BCUT2D eigenvalue weighted by Crippen LogP contribution is 1.96. The van der Waals surface area contributed by atoms with Gasteiger partial charge >= 0.3 is 5.24 Å². The molecule has 0 spiro atoms. The highest BCUT2D eigenvalue weighted by molar-refractivity contribution is 8.05. The fraction of sp³-hybridized carbons (Fsp3) is 0.667. The van der Waals surface area contributed by atoms with Crippen LogP contribution in [-0.4, -0.2) is 33.1 Å². The fourth-order valence-electron chi connectivity index (χ4n) is 0.540. The van der Waals surface area contributed by atoms with Gasteiger partial charge in [-0.1, -0.05) is 0 Å². The predicted octanol–water partition coefficient (Wildman–Crippen LogP) is -0.279. The number of amides is 1. The van der Waals surface area contributed by atoms with Gasteiger partial charge in [0.1, 0.15) is 0 Å². The van der Waals surface area contributed by atoms with Crippen LogP contribution in [0.25, 0.3) is 0 Å². The highest BCUT2D eigenvalue weighted by atomic mass is 32.2. The molecule has 0 aliphatic heterocycles. The van der Waals surface area contributed by atoms with Gasteiger partial charge in [-0.2, -0.15) is 0 Å².